The van der Waals surface area contributed by atoms with Gasteiger partial charge in [0.05, 0.1) is 11.1 Å². The Morgan fingerprint density at radius 3 is 2.88 bits per heavy atom. The zero-order chi connectivity index (χ0) is 5.98. The maximum atomic E-state index is 9.82. The predicted octanol–water partition coefficient (Wildman–Crippen LogP) is -0.986. The highest BCUT2D eigenvalue weighted by atomic mass is 16.6. The Bertz CT molecular complexity index is 124. The number of nitrogens with one attached hydrogen (secondary N) is 2. The molecule has 0 aromatic heterocycles. The molecule has 0 saturated carbocycles. The van der Waals surface area contributed by atoms with Gasteiger partial charge in [-0.15, -0.1) is 0 Å². The molecule has 8 heavy (non-hydrogen) atoms. The maximum absolute atomic E-state index is 9.82. The van der Waals surface area contributed by atoms with Crippen LogP contribution in [0.3, 0.4) is 0 Å². The van der Waals surface area contributed by atoms with E-state index >= 15 is 0 Å². The average Bonchev–Trinajstić information content (AvgIpc) is 2.12. The van der Waals surface area contributed by atoms with Crippen LogP contribution in [0.2, 0.25) is 0 Å². The summed E-state index contributed by atoms with van der Waals surface area (Å²) in [5.41, 5.74) is 0. The molecule has 0 saturated heterocycles. The fraction of sp³-hybridized carbons (Fsp3) is 0.333. The second-order valence-corrected chi connectivity index (χ2v) is 1.29. The van der Waals surface area contributed by atoms with Crippen molar-refractivity contribution >= 4 is 0 Å². The highest BCUT2D eigenvalue weighted by Crippen LogP contribution is 1.84. The smallest absolute Gasteiger partial charge is 0.310 e. The molecule has 1 radical (unpaired) electrons. The lowest BCUT2D eigenvalue weighted by atomic mass is 10.9. The molecule has 1 aliphatic heterocycles. The van der Waals surface area contributed by atoms with Gasteiger partial charge >= 0.3 is 6.29 Å². The molecule has 1 rings (SSSR count). The minimum Gasteiger partial charge on any atom is -0.310 e. The second-order valence-electron chi connectivity index (χ2n) is 1.29. The molecule has 1 atom stereocenters. The fourth-order valence-corrected chi connectivity index (χ4v) is 0.396. The number of hydrogen-bond acceptors (Lipinski definition) is 4. The van der Waals surface area contributed by atoms with Crippen molar-refractivity contribution in [2.45, 2.75) is 6.29 Å². The molecule has 0 aromatic carbocycles. The Kier molecular flexibility index (Phi) is 1.03. The van der Waals surface area contributed by atoms with Gasteiger partial charge in [0.1, 0.15) is 0 Å². The van der Waals surface area contributed by atoms with Gasteiger partial charge in [0.25, 0.3) is 0 Å². The first-order valence-electron chi connectivity index (χ1n) is 2.03. The summed E-state index contributed by atoms with van der Waals surface area (Å²) in [7, 11) is 0. The third-order valence-electron chi connectivity index (χ3n) is 0.744. The molecule has 0 aromatic rings. The summed E-state index contributed by atoms with van der Waals surface area (Å²) in [5, 5.41) is 14.6. The zero-order valence-corrected chi connectivity index (χ0v) is 3.92. The van der Waals surface area contributed by atoms with Gasteiger partial charge in [-0.1, -0.05) is 0 Å². The van der Waals surface area contributed by atoms with Gasteiger partial charge in [0.2, 0.25) is 0 Å². The Balaban J connectivity index is 2.41. The minimum absolute atomic E-state index is 0.476. The minimum atomic E-state index is -0.880. The van der Waals surface area contributed by atoms with Crippen molar-refractivity contribution in [2.24, 2.45) is 0 Å². The van der Waals surface area contributed by atoms with E-state index < -0.39 is 11.2 Å². The Morgan fingerprint density at radius 2 is 2.62 bits per heavy atom. The number of nitro groups is 1. The van der Waals surface area contributed by atoms with Crippen LogP contribution in [0.25, 0.3) is 0 Å². The molecule has 43 valence electrons. The normalized spacial score (nSPS) is 17.5. The van der Waals surface area contributed by atoms with Gasteiger partial charge in [-0.2, -0.15) is 0 Å². The topological polar surface area (TPSA) is 67.2 Å². The summed E-state index contributed by atoms with van der Waals surface area (Å²) in [6.07, 6.45) is 2.91. The number of hydrogen-bond donors (Lipinski definition) is 2. The van der Waals surface area contributed by atoms with E-state index in [1.807, 2.05) is 0 Å². The number of nitrogens with zero attached hydrogens (tertiary/aromatic N) is 1. The molecule has 0 aliphatic carbocycles. The monoisotopic (exact) mass is 114 g/mol. The van der Waals surface area contributed by atoms with Crippen LogP contribution in [0.4, 0.5) is 0 Å². The van der Waals surface area contributed by atoms with E-state index in [2.05, 4.69) is 16.8 Å². The molecular weight excluding hydrogens is 110 g/mol. The van der Waals surface area contributed by atoms with Crippen molar-refractivity contribution in [3.05, 3.63) is 22.5 Å². The summed E-state index contributed by atoms with van der Waals surface area (Å²) in [6.45, 7) is 0. The van der Waals surface area contributed by atoms with Crippen molar-refractivity contribution in [1.82, 2.24) is 10.6 Å². The summed E-state index contributed by atoms with van der Waals surface area (Å²) in [4.78, 5) is 9.35. The molecule has 0 bridgehead atoms. The Labute approximate surface area is 45.5 Å². The highest BCUT2D eigenvalue weighted by molar-refractivity contribution is 4.78. The van der Waals surface area contributed by atoms with Crippen LogP contribution in [0.1, 0.15) is 0 Å². The SMILES string of the molecule is O=[N+]([O-])C1N[C]=CN1. The van der Waals surface area contributed by atoms with E-state index in [-0.39, 0.29) is 0 Å². The van der Waals surface area contributed by atoms with Crippen LogP contribution in [-0.2, 0) is 0 Å². The summed E-state index contributed by atoms with van der Waals surface area (Å²) in [5.74, 6) is 0. The van der Waals surface area contributed by atoms with E-state index in [9.17, 15) is 10.1 Å². The third kappa shape index (κ3) is 0.699. The van der Waals surface area contributed by atoms with Crippen molar-refractivity contribution < 1.29 is 4.92 Å². The van der Waals surface area contributed by atoms with Gasteiger partial charge in [0, 0.05) is 6.20 Å². The molecule has 5 nitrogen and oxygen atoms in total. The highest BCUT2D eigenvalue weighted by Gasteiger charge is 2.17. The first-order chi connectivity index (χ1) is 3.80. The van der Waals surface area contributed by atoms with Crippen molar-refractivity contribution in [1.29, 1.82) is 0 Å². The molecule has 1 unspecified atom stereocenters. The van der Waals surface area contributed by atoms with E-state index in [0.29, 0.717) is 0 Å². The lowest BCUT2D eigenvalue weighted by Gasteiger charge is -1.99. The van der Waals surface area contributed by atoms with E-state index in [4.69, 9.17) is 0 Å². The molecule has 0 amide bonds. The molecular formula is C3H4N3O2. The van der Waals surface area contributed by atoms with Gasteiger partial charge in [-0.25, -0.2) is 0 Å². The number of rotatable bonds is 1. The van der Waals surface area contributed by atoms with Crippen LogP contribution in [-0.4, -0.2) is 11.2 Å². The van der Waals surface area contributed by atoms with Crippen molar-refractivity contribution in [3.63, 3.8) is 0 Å². The van der Waals surface area contributed by atoms with Gasteiger partial charge in [-0.05, 0) is 0 Å². The van der Waals surface area contributed by atoms with Crippen LogP contribution in [0.15, 0.2) is 6.20 Å². The molecule has 0 spiro atoms. The van der Waals surface area contributed by atoms with E-state index in [1.54, 1.807) is 0 Å². The third-order valence-corrected chi connectivity index (χ3v) is 0.744. The maximum Gasteiger partial charge on any atom is 0.363 e. The summed E-state index contributed by atoms with van der Waals surface area (Å²) in [6, 6.07) is 0. The van der Waals surface area contributed by atoms with E-state index in [0.717, 1.165) is 0 Å². The first kappa shape index (κ1) is 4.89. The van der Waals surface area contributed by atoms with Gasteiger partial charge in [-0.3, -0.25) is 10.1 Å². The lowest BCUT2D eigenvalue weighted by molar-refractivity contribution is -0.531. The predicted molar refractivity (Wildman–Crippen MR) is 24.9 cm³/mol. The lowest BCUT2D eigenvalue weighted by Crippen LogP contribution is -2.38. The van der Waals surface area contributed by atoms with Crippen LogP contribution in [0, 0.1) is 16.3 Å². The Morgan fingerprint density at radius 1 is 1.88 bits per heavy atom. The van der Waals surface area contributed by atoms with Crippen molar-refractivity contribution in [2.75, 3.05) is 0 Å². The standard InChI is InChI=1S/C3H4N3O2/c7-6(8)3-4-1-2-5-3/h1,3-5H. The van der Waals surface area contributed by atoms with Crippen LogP contribution in [0.5, 0.6) is 0 Å². The summed E-state index contributed by atoms with van der Waals surface area (Å²) < 4.78 is 0. The van der Waals surface area contributed by atoms with Gasteiger partial charge < -0.3 is 10.6 Å². The average molecular weight is 114 g/mol. The molecule has 1 heterocycles. The molecule has 5 heteroatoms. The van der Waals surface area contributed by atoms with Crippen molar-refractivity contribution in [3.8, 4) is 0 Å². The quantitative estimate of drug-likeness (QED) is 0.339. The fourth-order valence-electron chi connectivity index (χ4n) is 0.396. The zero-order valence-electron chi connectivity index (χ0n) is 3.92. The van der Waals surface area contributed by atoms with Crippen LogP contribution < -0.4 is 10.6 Å². The van der Waals surface area contributed by atoms with Crippen LogP contribution >= 0.6 is 0 Å². The molecule has 0 fully saturated rings. The Hall–Kier alpha value is -1.26. The van der Waals surface area contributed by atoms with E-state index in [1.165, 1.54) is 6.20 Å². The van der Waals surface area contributed by atoms with Gasteiger partial charge in [0.15, 0.2) is 0 Å². The first-order valence-corrected chi connectivity index (χ1v) is 2.03. The largest absolute Gasteiger partial charge is 0.363 e. The molecule has 2 N–H and O–H groups in total. The second kappa shape index (κ2) is 1.69. The molecule has 1 aliphatic rings. The summed E-state index contributed by atoms with van der Waals surface area (Å²) >= 11 is 0.